The third-order valence-corrected chi connectivity index (χ3v) is 4.85. The number of aliphatic carboxylic acids is 1. The van der Waals surface area contributed by atoms with Gasteiger partial charge in [-0.1, -0.05) is 71.1 Å². The SMILES string of the molecule is CCCCCCCCCCCCC(C(=O)O)N1CCCCC1=O. The van der Waals surface area contributed by atoms with E-state index in [4.69, 9.17) is 0 Å². The standard InChI is InChI=1S/C19H35NO3/c1-2-3-4-5-6-7-8-9-10-11-14-17(19(22)23)20-16-13-12-15-18(20)21/h17H,2-16H2,1H3,(H,22,23). The Hall–Kier alpha value is -1.06. The van der Waals surface area contributed by atoms with E-state index in [9.17, 15) is 14.7 Å². The second kappa shape index (κ2) is 12.4. The average molecular weight is 325 g/mol. The second-order valence-corrected chi connectivity index (χ2v) is 6.87. The van der Waals surface area contributed by atoms with E-state index in [1.807, 2.05) is 0 Å². The van der Waals surface area contributed by atoms with Crippen LogP contribution in [-0.2, 0) is 9.59 Å². The summed E-state index contributed by atoms with van der Waals surface area (Å²) >= 11 is 0. The van der Waals surface area contributed by atoms with Crippen molar-refractivity contribution in [1.29, 1.82) is 0 Å². The van der Waals surface area contributed by atoms with Crippen molar-refractivity contribution in [2.24, 2.45) is 0 Å². The Labute approximate surface area is 141 Å². The molecule has 1 atom stereocenters. The van der Waals surface area contributed by atoms with Crippen LogP contribution in [0, 0.1) is 0 Å². The zero-order valence-corrected chi connectivity index (χ0v) is 14.9. The molecule has 0 spiro atoms. The number of carboxylic acid groups (broad SMARTS) is 1. The van der Waals surface area contributed by atoms with Gasteiger partial charge in [-0.15, -0.1) is 0 Å². The Kier molecular flexibility index (Phi) is 10.8. The number of nitrogens with zero attached hydrogens (tertiary/aromatic N) is 1. The molecule has 1 unspecified atom stereocenters. The van der Waals surface area contributed by atoms with Crippen molar-refractivity contribution in [3.63, 3.8) is 0 Å². The number of likely N-dealkylation sites (tertiary alicyclic amines) is 1. The first-order chi connectivity index (χ1) is 11.2. The average Bonchev–Trinajstić information content (AvgIpc) is 2.53. The number of rotatable bonds is 13. The van der Waals surface area contributed by atoms with Crippen LogP contribution < -0.4 is 0 Å². The van der Waals surface area contributed by atoms with Gasteiger partial charge < -0.3 is 10.0 Å². The van der Waals surface area contributed by atoms with Crippen LogP contribution in [-0.4, -0.2) is 34.5 Å². The molecule has 1 fully saturated rings. The summed E-state index contributed by atoms with van der Waals surface area (Å²) in [6, 6.07) is -0.600. The monoisotopic (exact) mass is 325 g/mol. The van der Waals surface area contributed by atoms with Crippen molar-refractivity contribution in [2.45, 2.75) is 103 Å². The normalized spacial score (nSPS) is 16.6. The second-order valence-electron chi connectivity index (χ2n) is 6.87. The zero-order valence-electron chi connectivity index (χ0n) is 14.9. The molecule has 0 bridgehead atoms. The molecule has 0 aromatic rings. The van der Waals surface area contributed by atoms with E-state index in [0.29, 0.717) is 19.4 Å². The largest absolute Gasteiger partial charge is 0.480 e. The predicted molar refractivity (Wildman–Crippen MR) is 93.4 cm³/mol. The molecule has 1 amide bonds. The van der Waals surface area contributed by atoms with Gasteiger partial charge in [0.05, 0.1) is 0 Å². The van der Waals surface area contributed by atoms with Crippen molar-refractivity contribution < 1.29 is 14.7 Å². The number of amides is 1. The summed E-state index contributed by atoms with van der Waals surface area (Å²) in [5, 5.41) is 9.39. The maximum atomic E-state index is 11.9. The third-order valence-electron chi connectivity index (χ3n) is 4.85. The summed E-state index contributed by atoms with van der Waals surface area (Å²) in [5.74, 6) is -0.813. The summed E-state index contributed by atoms with van der Waals surface area (Å²) in [6.07, 6.45) is 15.4. The molecule has 134 valence electrons. The Morgan fingerprint density at radius 1 is 1.00 bits per heavy atom. The first kappa shape index (κ1) is 20.0. The topological polar surface area (TPSA) is 57.6 Å². The van der Waals surface area contributed by atoms with Gasteiger partial charge in [-0.2, -0.15) is 0 Å². The van der Waals surface area contributed by atoms with Crippen molar-refractivity contribution in [3.05, 3.63) is 0 Å². The van der Waals surface area contributed by atoms with E-state index < -0.39 is 12.0 Å². The number of hydrogen-bond acceptors (Lipinski definition) is 2. The lowest BCUT2D eigenvalue weighted by atomic mass is 10.0. The Morgan fingerprint density at radius 3 is 2.09 bits per heavy atom. The molecule has 1 heterocycles. The van der Waals surface area contributed by atoms with Gasteiger partial charge in [0, 0.05) is 13.0 Å². The number of carboxylic acids is 1. The van der Waals surface area contributed by atoms with Gasteiger partial charge >= 0.3 is 5.97 Å². The van der Waals surface area contributed by atoms with Crippen LogP contribution in [0.5, 0.6) is 0 Å². The summed E-state index contributed by atoms with van der Waals surface area (Å²) in [4.78, 5) is 24.9. The molecular weight excluding hydrogens is 290 g/mol. The molecule has 0 aromatic carbocycles. The highest BCUT2D eigenvalue weighted by molar-refractivity contribution is 5.84. The summed E-state index contributed by atoms with van der Waals surface area (Å²) in [5.41, 5.74) is 0. The van der Waals surface area contributed by atoms with Crippen molar-refractivity contribution in [1.82, 2.24) is 4.90 Å². The lowest BCUT2D eigenvalue weighted by molar-refractivity contribution is -0.152. The number of piperidine rings is 1. The van der Waals surface area contributed by atoms with Gasteiger partial charge in [-0.05, 0) is 19.3 Å². The van der Waals surface area contributed by atoms with Gasteiger partial charge in [0.25, 0.3) is 0 Å². The lowest BCUT2D eigenvalue weighted by Gasteiger charge is -2.32. The molecule has 0 radical (unpaired) electrons. The van der Waals surface area contributed by atoms with Crippen LogP contribution in [0.2, 0.25) is 0 Å². The third kappa shape index (κ3) is 8.38. The van der Waals surface area contributed by atoms with Crippen molar-refractivity contribution in [2.75, 3.05) is 6.54 Å². The van der Waals surface area contributed by atoms with Crippen molar-refractivity contribution >= 4 is 11.9 Å². The molecule has 1 saturated heterocycles. The van der Waals surface area contributed by atoms with Gasteiger partial charge in [-0.3, -0.25) is 4.79 Å². The van der Waals surface area contributed by atoms with Gasteiger partial charge in [0.1, 0.15) is 6.04 Å². The maximum Gasteiger partial charge on any atom is 0.326 e. The first-order valence-corrected chi connectivity index (χ1v) is 9.69. The fraction of sp³-hybridized carbons (Fsp3) is 0.895. The quantitative estimate of drug-likeness (QED) is 0.497. The smallest absolute Gasteiger partial charge is 0.326 e. The molecule has 1 rings (SSSR count). The Balaban J connectivity index is 2.09. The number of unbranched alkanes of at least 4 members (excludes halogenated alkanes) is 9. The van der Waals surface area contributed by atoms with E-state index in [2.05, 4.69) is 6.92 Å². The highest BCUT2D eigenvalue weighted by Gasteiger charge is 2.30. The minimum absolute atomic E-state index is 0.0238. The van der Waals surface area contributed by atoms with E-state index in [1.54, 1.807) is 4.90 Å². The number of carbonyl (C=O) groups excluding carboxylic acids is 1. The van der Waals surface area contributed by atoms with Crippen LogP contribution in [0.25, 0.3) is 0 Å². The molecule has 0 aliphatic carbocycles. The fourth-order valence-electron chi connectivity index (χ4n) is 3.39. The fourth-order valence-corrected chi connectivity index (χ4v) is 3.39. The van der Waals surface area contributed by atoms with Crippen LogP contribution in [0.4, 0.5) is 0 Å². The highest BCUT2D eigenvalue weighted by Crippen LogP contribution is 2.19. The molecule has 0 aromatic heterocycles. The van der Waals surface area contributed by atoms with E-state index in [0.717, 1.165) is 25.7 Å². The van der Waals surface area contributed by atoms with Crippen molar-refractivity contribution in [3.8, 4) is 0 Å². The molecule has 23 heavy (non-hydrogen) atoms. The minimum atomic E-state index is -0.837. The van der Waals surface area contributed by atoms with Crippen LogP contribution in [0.15, 0.2) is 0 Å². The Morgan fingerprint density at radius 2 is 1.57 bits per heavy atom. The van der Waals surface area contributed by atoms with Crippen LogP contribution >= 0.6 is 0 Å². The Bertz CT molecular complexity index is 344. The number of hydrogen-bond donors (Lipinski definition) is 1. The molecule has 1 aliphatic rings. The zero-order chi connectivity index (χ0) is 16.9. The van der Waals surface area contributed by atoms with Crippen LogP contribution in [0.1, 0.15) is 96.8 Å². The predicted octanol–water partition coefficient (Wildman–Crippen LogP) is 4.76. The molecule has 0 saturated carbocycles. The van der Waals surface area contributed by atoms with Gasteiger partial charge in [-0.25, -0.2) is 4.79 Å². The first-order valence-electron chi connectivity index (χ1n) is 9.69. The van der Waals surface area contributed by atoms with Crippen LogP contribution in [0.3, 0.4) is 0 Å². The van der Waals surface area contributed by atoms with E-state index >= 15 is 0 Å². The molecule has 4 heteroatoms. The summed E-state index contributed by atoms with van der Waals surface area (Å²) < 4.78 is 0. The maximum absolute atomic E-state index is 11.9. The number of carbonyl (C=O) groups is 2. The van der Waals surface area contributed by atoms with E-state index in [1.165, 1.54) is 51.4 Å². The minimum Gasteiger partial charge on any atom is -0.480 e. The summed E-state index contributed by atoms with van der Waals surface area (Å²) in [7, 11) is 0. The van der Waals surface area contributed by atoms with Gasteiger partial charge in [0.2, 0.25) is 5.91 Å². The molecule has 4 nitrogen and oxygen atoms in total. The molecule has 1 N–H and O–H groups in total. The summed E-state index contributed by atoms with van der Waals surface area (Å²) in [6.45, 7) is 2.86. The highest BCUT2D eigenvalue weighted by atomic mass is 16.4. The molecular formula is C19H35NO3. The molecule has 1 aliphatic heterocycles. The van der Waals surface area contributed by atoms with Gasteiger partial charge in [0.15, 0.2) is 0 Å². The lowest BCUT2D eigenvalue weighted by Crippen LogP contribution is -2.47. The van der Waals surface area contributed by atoms with E-state index in [-0.39, 0.29) is 5.91 Å².